The molecule has 1 aliphatic rings. The number of hydrogen-bond acceptors (Lipinski definition) is 3. The molecule has 1 aliphatic heterocycles. The maximum absolute atomic E-state index is 12.1. The first-order valence-corrected chi connectivity index (χ1v) is 6.19. The van der Waals surface area contributed by atoms with Crippen LogP contribution in [0.1, 0.15) is 12.8 Å². The van der Waals surface area contributed by atoms with E-state index in [1.807, 2.05) is 0 Å². The monoisotopic (exact) mass is 270 g/mol. The van der Waals surface area contributed by atoms with Gasteiger partial charge >= 0.3 is 6.61 Å². The van der Waals surface area contributed by atoms with Gasteiger partial charge < -0.3 is 15.4 Å². The van der Waals surface area contributed by atoms with Gasteiger partial charge in [0.25, 0.3) is 0 Å². The summed E-state index contributed by atoms with van der Waals surface area (Å²) in [7, 11) is 0. The van der Waals surface area contributed by atoms with Crippen molar-refractivity contribution >= 4 is 11.6 Å². The minimum atomic E-state index is -2.87. The van der Waals surface area contributed by atoms with E-state index in [9.17, 15) is 13.6 Å². The van der Waals surface area contributed by atoms with Crippen LogP contribution in [0.5, 0.6) is 5.75 Å². The molecule has 1 atom stereocenters. The van der Waals surface area contributed by atoms with Gasteiger partial charge in [-0.05, 0) is 37.6 Å². The third-order valence-corrected chi connectivity index (χ3v) is 2.98. The summed E-state index contributed by atoms with van der Waals surface area (Å²) in [5.74, 6) is 0.277. The summed E-state index contributed by atoms with van der Waals surface area (Å²) in [6.45, 7) is -1.08. The van der Waals surface area contributed by atoms with Crippen molar-refractivity contribution < 1.29 is 18.3 Å². The summed E-state index contributed by atoms with van der Waals surface area (Å²) < 4.78 is 28.4. The lowest BCUT2D eigenvalue weighted by Gasteiger charge is -2.10. The first kappa shape index (κ1) is 13.7. The third kappa shape index (κ3) is 4.48. The van der Waals surface area contributed by atoms with Gasteiger partial charge in [0.2, 0.25) is 5.91 Å². The Balaban J connectivity index is 1.88. The Hall–Kier alpha value is -1.69. The standard InChI is InChI=1S/C13H16F2N2O2/c14-13(15)19-11-3-1-2-10(7-11)17-12(18)6-9-4-5-16-8-9/h1-3,7,9,13,16H,4-6,8H2,(H,17,18). The molecule has 6 heteroatoms. The summed E-state index contributed by atoms with van der Waals surface area (Å²) in [6, 6.07) is 6.01. The Labute approximate surface area is 110 Å². The van der Waals surface area contributed by atoms with Gasteiger partial charge in [-0.3, -0.25) is 4.79 Å². The zero-order valence-corrected chi connectivity index (χ0v) is 10.4. The zero-order valence-electron chi connectivity index (χ0n) is 10.4. The lowest BCUT2D eigenvalue weighted by molar-refractivity contribution is -0.116. The summed E-state index contributed by atoms with van der Waals surface area (Å²) in [5.41, 5.74) is 0.467. The van der Waals surface area contributed by atoms with Crippen molar-refractivity contribution in [3.8, 4) is 5.75 Å². The van der Waals surface area contributed by atoms with E-state index >= 15 is 0 Å². The van der Waals surface area contributed by atoms with E-state index in [0.717, 1.165) is 19.5 Å². The third-order valence-electron chi connectivity index (χ3n) is 2.98. The number of carbonyl (C=O) groups excluding carboxylic acids is 1. The van der Waals surface area contributed by atoms with Crippen LogP contribution >= 0.6 is 0 Å². The molecule has 104 valence electrons. The highest BCUT2D eigenvalue weighted by atomic mass is 19.3. The van der Waals surface area contributed by atoms with Crippen molar-refractivity contribution in [2.75, 3.05) is 18.4 Å². The Kier molecular flexibility index (Phi) is 4.68. The van der Waals surface area contributed by atoms with E-state index in [0.29, 0.717) is 18.0 Å². The van der Waals surface area contributed by atoms with Gasteiger partial charge in [-0.2, -0.15) is 8.78 Å². The molecule has 0 aliphatic carbocycles. The molecule has 2 rings (SSSR count). The second-order valence-electron chi connectivity index (χ2n) is 4.52. The van der Waals surface area contributed by atoms with E-state index in [2.05, 4.69) is 15.4 Å². The average molecular weight is 270 g/mol. The molecular formula is C13H16F2N2O2. The van der Waals surface area contributed by atoms with Gasteiger partial charge in [-0.15, -0.1) is 0 Å². The van der Waals surface area contributed by atoms with E-state index in [-0.39, 0.29) is 11.7 Å². The zero-order chi connectivity index (χ0) is 13.7. The van der Waals surface area contributed by atoms with E-state index in [1.54, 1.807) is 12.1 Å². The normalized spacial score (nSPS) is 18.6. The molecular weight excluding hydrogens is 254 g/mol. The first-order valence-electron chi connectivity index (χ1n) is 6.19. The quantitative estimate of drug-likeness (QED) is 0.862. The number of amides is 1. The molecule has 1 heterocycles. The van der Waals surface area contributed by atoms with Gasteiger partial charge in [0.1, 0.15) is 5.75 Å². The molecule has 1 aromatic rings. The van der Waals surface area contributed by atoms with Crippen molar-refractivity contribution in [1.29, 1.82) is 0 Å². The van der Waals surface area contributed by atoms with E-state index in [1.165, 1.54) is 12.1 Å². The second kappa shape index (κ2) is 6.47. The number of rotatable bonds is 5. The maximum atomic E-state index is 12.1. The fourth-order valence-electron chi connectivity index (χ4n) is 2.11. The van der Waals surface area contributed by atoms with Crippen molar-refractivity contribution in [1.82, 2.24) is 5.32 Å². The Morgan fingerprint density at radius 3 is 3.05 bits per heavy atom. The molecule has 0 saturated carbocycles. The van der Waals surface area contributed by atoms with Crippen LogP contribution in [0, 0.1) is 5.92 Å². The average Bonchev–Trinajstić information content (AvgIpc) is 2.81. The molecule has 0 spiro atoms. The number of carbonyl (C=O) groups is 1. The lowest BCUT2D eigenvalue weighted by atomic mass is 10.0. The fraction of sp³-hybridized carbons (Fsp3) is 0.462. The lowest BCUT2D eigenvalue weighted by Crippen LogP contribution is -2.18. The SMILES string of the molecule is O=C(CC1CCNC1)Nc1cccc(OC(F)F)c1. The van der Waals surface area contributed by atoms with Crippen LogP contribution in [0.2, 0.25) is 0 Å². The van der Waals surface area contributed by atoms with E-state index in [4.69, 9.17) is 0 Å². The molecule has 1 unspecified atom stereocenters. The summed E-state index contributed by atoms with van der Waals surface area (Å²) in [5, 5.41) is 5.88. The largest absolute Gasteiger partial charge is 0.435 e. The molecule has 19 heavy (non-hydrogen) atoms. The summed E-state index contributed by atoms with van der Waals surface area (Å²) in [4.78, 5) is 11.8. The van der Waals surface area contributed by atoms with Crippen molar-refractivity contribution in [2.45, 2.75) is 19.5 Å². The molecule has 1 saturated heterocycles. The maximum Gasteiger partial charge on any atom is 0.387 e. The highest BCUT2D eigenvalue weighted by molar-refractivity contribution is 5.91. The molecule has 0 aromatic heterocycles. The molecule has 4 nitrogen and oxygen atoms in total. The van der Waals surface area contributed by atoms with Gasteiger partial charge in [-0.25, -0.2) is 0 Å². The Bertz CT molecular complexity index is 434. The fourth-order valence-corrected chi connectivity index (χ4v) is 2.11. The highest BCUT2D eigenvalue weighted by Crippen LogP contribution is 2.20. The van der Waals surface area contributed by atoms with Crippen LogP contribution in [0.15, 0.2) is 24.3 Å². The van der Waals surface area contributed by atoms with Crippen LogP contribution in [-0.2, 0) is 4.79 Å². The Morgan fingerprint density at radius 2 is 2.37 bits per heavy atom. The summed E-state index contributed by atoms with van der Waals surface area (Å²) in [6.07, 6.45) is 1.43. The van der Waals surface area contributed by atoms with Gasteiger partial charge in [-0.1, -0.05) is 6.07 Å². The molecule has 2 N–H and O–H groups in total. The Morgan fingerprint density at radius 1 is 1.53 bits per heavy atom. The number of benzene rings is 1. The molecule has 0 bridgehead atoms. The minimum absolute atomic E-state index is 0.0373. The predicted octanol–water partition coefficient (Wildman–Crippen LogP) is 2.23. The molecule has 1 fully saturated rings. The van der Waals surface area contributed by atoms with Gasteiger partial charge in [0, 0.05) is 18.2 Å². The highest BCUT2D eigenvalue weighted by Gasteiger charge is 2.18. The van der Waals surface area contributed by atoms with Crippen LogP contribution in [-0.4, -0.2) is 25.6 Å². The number of ether oxygens (including phenoxy) is 1. The van der Waals surface area contributed by atoms with Gasteiger partial charge in [0.15, 0.2) is 0 Å². The number of halogens is 2. The second-order valence-corrected chi connectivity index (χ2v) is 4.52. The number of hydrogen-bond donors (Lipinski definition) is 2. The number of anilines is 1. The van der Waals surface area contributed by atoms with Crippen LogP contribution in [0.3, 0.4) is 0 Å². The molecule has 0 radical (unpaired) electrons. The number of alkyl halides is 2. The predicted molar refractivity (Wildman–Crippen MR) is 67.3 cm³/mol. The van der Waals surface area contributed by atoms with Crippen molar-refractivity contribution in [2.24, 2.45) is 5.92 Å². The van der Waals surface area contributed by atoms with Crippen LogP contribution in [0.4, 0.5) is 14.5 Å². The van der Waals surface area contributed by atoms with Crippen LogP contribution < -0.4 is 15.4 Å². The smallest absolute Gasteiger partial charge is 0.387 e. The van der Waals surface area contributed by atoms with E-state index < -0.39 is 6.61 Å². The summed E-state index contributed by atoms with van der Waals surface area (Å²) >= 11 is 0. The van der Waals surface area contributed by atoms with Crippen LogP contribution in [0.25, 0.3) is 0 Å². The van der Waals surface area contributed by atoms with Gasteiger partial charge in [0.05, 0.1) is 0 Å². The minimum Gasteiger partial charge on any atom is -0.435 e. The molecule has 1 aromatic carbocycles. The first-order chi connectivity index (χ1) is 9.13. The van der Waals surface area contributed by atoms with Crippen molar-refractivity contribution in [3.63, 3.8) is 0 Å². The number of nitrogens with one attached hydrogen (secondary N) is 2. The van der Waals surface area contributed by atoms with Crippen molar-refractivity contribution in [3.05, 3.63) is 24.3 Å². The topological polar surface area (TPSA) is 50.4 Å². The molecule has 1 amide bonds.